The van der Waals surface area contributed by atoms with Crippen molar-refractivity contribution in [1.29, 1.82) is 0 Å². The molecule has 1 amide bonds. The SMILES string of the molecule is CC1(C)CSC(=NCC(=O)N2CCCC2)N1. The average molecular weight is 241 g/mol. The third-order valence-electron chi connectivity index (χ3n) is 2.83. The summed E-state index contributed by atoms with van der Waals surface area (Å²) in [5.74, 6) is 1.18. The lowest BCUT2D eigenvalue weighted by molar-refractivity contribution is -0.128. The molecule has 0 aliphatic carbocycles. The van der Waals surface area contributed by atoms with Gasteiger partial charge in [0.2, 0.25) is 5.91 Å². The van der Waals surface area contributed by atoms with Crippen molar-refractivity contribution in [2.75, 3.05) is 25.4 Å². The smallest absolute Gasteiger partial charge is 0.244 e. The molecule has 2 aliphatic rings. The van der Waals surface area contributed by atoms with Crippen molar-refractivity contribution < 1.29 is 4.79 Å². The van der Waals surface area contributed by atoms with Crippen LogP contribution in [0.5, 0.6) is 0 Å². The molecular formula is C11H19N3OS. The fourth-order valence-corrected chi connectivity index (χ4v) is 2.98. The summed E-state index contributed by atoms with van der Waals surface area (Å²) in [7, 11) is 0. The maximum Gasteiger partial charge on any atom is 0.244 e. The zero-order chi connectivity index (χ0) is 11.6. The highest BCUT2D eigenvalue weighted by molar-refractivity contribution is 8.14. The molecule has 0 radical (unpaired) electrons. The Morgan fingerprint density at radius 3 is 2.75 bits per heavy atom. The fourth-order valence-electron chi connectivity index (χ4n) is 1.90. The van der Waals surface area contributed by atoms with Crippen molar-refractivity contribution in [3.8, 4) is 0 Å². The topological polar surface area (TPSA) is 44.7 Å². The molecular weight excluding hydrogens is 222 g/mol. The Kier molecular flexibility index (Phi) is 3.42. The van der Waals surface area contributed by atoms with E-state index in [2.05, 4.69) is 24.2 Å². The Morgan fingerprint density at radius 2 is 2.19 bits per heavy atom. The van der Waals surface area contributed by atoms with Crippen LogP contribution in [0.4, 0.5) is 0 Å². The summed E-state index contributed by atoms with van der Waals surface area (Å²) < 4.78 is 0. The maximum atomic E-state index is 11.7. The fraction of sp³-hybridized carbons (Fsp3) is 0.818. The Bertz CT molecular complexity index is 308. The van der Waals surface area contributed by atoms with Gasteiger partial charge in [0.1, 0.15) is 6.54 Å². The summed E-state index contributed by atoms with van der Waals surface area (Å²) in [5, 5.41) is 4.23. The normalized spacial score (nSPS) is 26.1. The Labute approximate surface area is 101 Å². The predicted molar refractivity (Wildman–Crippen MR) is 67.8 cm³/mol. The van der Waals surface area contributed by atoms with E-state index in [4.69, 9.17) is 0 Å². The summed E-state index contributed by atoms with van der Waals surface area (Å²) in [6.45, 7) is 6.41. The van der Waals surface area contributed by atoms with Crippen molar-refractivity contribution in [3.63, 3.8) is 0 Å². The summed E-state index contributed by atoms with van der Waals surface area (Å²) in [5.41, 5.74) is 0.111. The van der Waals surface area contributed by atoms with Crippen molar-refractivity contribution in [2.24, 2.45) is 4.99 Å². The number of rotatable bonds is 2. The molecule has 2 rings (SSSR count). The number of aliphatic imine (C=N–C) groups is 1. The number of amidine groups is 1. The molecule has 0 aromatic rings. The van der Waals surface area contributed by atoms with Crippen LogP contribution in [-0.4, -0.2) is 46.9 Å². The number of hydrogen-bond acceptors (Lipinski definition) is 3. The van der Waals surface area contributed by atoms with Gasteiger partial charge in [-0.1, -0.05) is 11.8 Å². The molecule has 0 aromatic carbocycles. The lowest BCUT2D eigenvalue weighted by Crippen LogP contribution is -2.37. The number of carbonyl (C=O) groups excluding carboxylic acids is 1. The molecule has 0 saturated carbocycles. The van der Waals surface area contributed by atoms with E-state index in [0.717, 1.165) is 36.9 Å². The van der Waals surface area contributed by atoms with Gasteiger partial charge in [-0.25, -0.2) is 0 Å². The first-order chi connectivity index (χ1) is 7.57. The highest BCUT2D eigenvalue weighted by Gasteiger charge is 2.27. The lowest BCUT2D eigenvalue weighted by Gasteiger charge is -2.16. The number of carbonyl (C=O) groups is 1. The van der Waals surface area contributed by atoms with Gasteiger partial charge in [0.15, 0.2) is 5.17 Å². The van der Waals surface area contributed by atoms with Gasteiger partial charge in [0.25, 0.3) is 0 Å². The van der Waals surface area contributed by atoms with Crippen LogP contribution < -0.4 is 5.32 Å². The van der Waals surface area contributed by atoms with Gasteiger partial charge < -0.3 is 10.2 Å². The van der Waals surface area contributed by atoms with Gasteiger partial charge in [-0.2, -0.15) is 0 Å². The summed E-state index contributed by atoms with van der Waals surface area (Å²) in [6, 6.07) is 0. The second-order valence-electron chi connectivity index (χ2n) is 5.01. The monoisotopic (exact) mass is 241 g/mol. The first kappa shape index (κ1) is 11.8. The molecule has 0 aromatic heterocycles. The Morgan fingerprint density at radius 1 is 1.50 bits per heavy atom. The van der Waals surface area contributed by atoms with Crippen LogP contribution in [0.1, 0.15) is 26.7 Å². The zero-order valence-electron chi connectivity index (χ0n) is 9.95. The third-order valence-corrected chi connectivity index (χ3v) is 4.20. The van der Waals surface area contributed by atoms with E-state index in [1.807, 2.05) is 4.90 Å². The van der Waals surface area contributed by atoms with Crippen LogP contribution in [0.2, 0.25) is 0 Å². The van der Waals surface area contributed by atoms with Crippen molar-refractivity contribution >= 4 is 22.8 Å². The highest BCUT2D eigenvalue weighted by atomic mass is 32.2. The number of amides is 1. The van der Waals surface area contributed by atoms with Gasteiger partial charge in [-0.05, 0) is 26.7 Å². The molecule has 2 saturated heterocycles. The van der Waals surface area contributed by atoms with Crippen molar-refractivity contribution in [2.45, 2.75) is 32.2 Å². The zero-order valence-corrected chi connectivity index (χ0v) is 10.8. The number of hydrogen-bond donors (Lipinski definition) is 1. The summed E-state index contributed by atoms with van der Waals surface area (Å²) in [6.07, 6.45) is 2.28. The molecule has 1 N–H and O–H groups in total. The van der Waals surface area contributed by atoms with Gasteiger partial charge >= 0.3 is 0 Å². The largest absolute Gasteiger partial charge is 0.359 e. The van der Waals surface area contributed by atoms with Crippen LogP contribution in [0, 0.1) is 0 Å². The minimum Gasteiger partial charge on any atom is -0.359 e. The summed E-state index contributed by atoms with van der Waals surface area (Å²) in [4.78, 5) is 18.0. The van der Waals surface area contributed by atoms with Crippen LogP contribution in [0.3, 0.4) is 0 Å². The van der Waals surface area contributed by atoms with E-state index in [1.165, 1.54) is 0 Å². The molecule has 0 bridgehead atoms. The molecule has 2 heterocycles. The van der Waals surface area contributed by atoms with Crippen LogP contribution >= 0.6 is 11.8 Å². The first-order valence-electron chi connectivity index (χ1n) is 5.80. The lowest BCUT2D eigenvalue weighted by atomic mass is 10.1. The third kappa shape index (κ3) is 2.90. The molecule has 16 heavy (non-hydrogen) atoms. The minimum absolute atomic E-state index is 0.111. The first-order valence-corrected chi connectivity index (χ1v) is 6.79. The Balaban J connectivity index is 1.82. The molecule has 4 nitrogen and oxygen atoms in total. The standard InChI is InChI=1S/C11H19N3OS/c1-11(2)8-16-10(13-11)12-7-9(15)14-5-3-4-6-14/h3-8H2,1-2H3,(H,12,13). The number of thioether (sulfide) groups is 1. The molecule has 5 heteroatoms. The van der Waals surface area contributed by atoms with Crippen LogP contribution in [0.15, 0.2) is 4.99 Å². The van der Waals surface area contributed by atoms with E-state index in [9.17, 15) is 4.79 Å². The quantitative estimate of drug-likeness (QED) is 0.787. The molecule has 0 atom stereocenters. The van der Waals surface area contributed by atoms with Crippen molar-refractivity contribution in [3.05, 3.63) is 0 Å². The van der Waals surface area contributed by atoms with E-state index >= 15 is 0 Å². The van der Waals surface area contributed by atoms with Gasteiger partial charge in [0, 0.05) is 24.4 Å². The van der Waals surface area contributed by atoms with Gasteiger partial charge in [0.05, 0.1) is 0 Å². The van der Waals surface area contributed by atoms with E-state index in [0.29, 0.717) is 6.54 Å². The number of nitrogens with one attached hydrogen (secondary N) is 1. The molecule has 0 spiro atoms. The molecule has 2 aliphatic heterocycles. The van der Waals surface area contributed by atoms with E-state index in [-0.39, 0.29) is 11.4 Å². The van der Waals surface area contributed by atoms with Gasteiger partial charge in [-0.3, -0.25) is 9.79 Å². The van der Waals surface area contributed by atoms with Gasteiger partial charge in [-0.15, -0.1) is 0 Å². The van der Waals surface area contributed by atoms with Crippen LogP contribution in [0.25, 0.3) is 0 Å². The average Bonchev–Trinajstić information content (AvgIpc) is 2.83. The highest BCUT2D eigenvalue weighted by Crippen LogP contribution is 2.21. The molecule has 2 fully saturated rings. The minimum atomic E-state index is 0.111. The van der Waals surface area contributed by atoms with Crippen LogP contribution in [-0.2, 0) is 4.79 Å². The number of nitrogens with zero attached hydrogens (tertiary/aromatic N) is 2. The van der Waals surface area contributed by atoms with E-state index < -0.39 is 0 Å². The van der Waals surface area contributed by atoms with Crippen molar-refractivity contribution in [1.82, 2.24) is 10.2 Å². The Hall–Kier alpha value is -0.710. The number of likely N-dealkylation sites (tertiary alicyclic amines) is 1. The second kappa shape index (κ2) is 4.65. The maximum absolute atomic E-state index is 11.7. The summed E-state index contributed by atoms with van der Waals surface area (Å²) >= 11 is 1.70. The van der Waals surface area contributed by atoms with E-state index in [1.54, 1.807) is 11.8 Å². The molecule has 90 valence electrons. The predicted octanol–water partition coefficient (Wildman–Crippen LogP) is 1.08. The molecule has 0 unspecified atom stereocenters. The second-order valence-corrected chi connectivity index (χ2v) is 5.97.